The molecule has 1 fully saturated rings. The molecule has 0 unspecified atom stereocenters. The second-order valence-corrected chi connectivity index (χ2v) is 9.16. The van der Waals surface area contributed by atoms with E-state index < -0.39 is 0 Å². The van der Waals surface area contributed by atoms with Crippen molar-refractivity contribution in [2.24, 2.45) is 11.0 Å². The summed E-state index contributed by atoms with van der Waals surface area (Å²) in [5, 5.41) is 14.0. The van der Waals surface area contributed by atoms with Gasteiger partial charge in [0, 0.05) is 25.6 Å². The van der Waals surface area contributed by atoms with Gasteiger partial charge in [-0.05, 0) is 75.1 Å². The van der Waals surface area contributed by atoms with Gasteiger partial charge in [-0.3, -0.25) is 0 Å². The van der Waals surface area contributed by atoms with Crippen molar-refractivity contribution in [3.05, 3.63) is 94.6 Å². The van der Waals surface area contributed by atoms with Gasteiger partial charge < -0.3 is 10.3 Å². The van der Waals surface area contributed by atoms with Gasteiger partial charge >= 0.3 is 0 Å². The minimum atomic E-state index is 0.592. The normalized spacial score (nSPS) is 15.1. The molecule has 6 heteroatoms. The Kier molecular flexibility index (Phi) is 8.00. The van der Waals surface area contributed by atoms with E-state index in [1.54, 1.807) is 0 Å². The molecule has 1 aliphatic heterocycles. The fourth-order valence-electron chi connectivity index (χ4n) is 4.22. The topological polar surface area (TPSA) is 77.2 Å². The van der Waals surface area contributed by atoms with Crippen LogP contribution in [-0.2, 0) is 12.8 Å². The number of benzene rings is 2. The molecule has 1 aromatic heterocycles. The van der Waals surface area contributed by atoms with Crippen LogP contribution in [0.25, 0.3) is 0 Å². The van der Waals surface area contributed by atoms with Crippen molar-refractivity contribution in [2.75, 3.05) is 26.7 Å². The lowest BCUT2D eigenvalue weighted by molar-refractivity contribution is 0.216. The summed E-state index contributed by atoms with van der Waals surface area (Å²) in [6.45, 7) is 5.30. The Morgan fingerprint density at radius 2 is 1.94 bits per heavy atom. The number of hydrogen-bond donors (Lipinski definition) is 1. The highest BCUT2D eigenvalue weighted by Gasteiger charge is 2.16. The quantitative estimate of drug-likeness (QED) is 0.411. The molecule has 2 heterocycles. The van der Waals surface area contributed by atoms with Crippen molar-refractivity contribution in [1.82, 2.24) is 20.3 Å². The summed E-state index contributed by atoms with van der Waals surface area (Å²) < 4.78 is 0. The average Bonchev–Trinajstić information content (AvgIpc) is 2.85. The molecular formula is C28H32N6. The third kappa shape index (κ3) is 6.72. The molecule has 0 aliphatic carbocycles. The number of aryl methyl sites for hydroxylation is 1. The molecule has 0 spiro atoms. The number of aromatic nitrogens is 2. The van der Waals surface area contributed by atoms with Gasteiger partial charge in [0.1, 0.15) is 5.82 Å². The van der Waals surface area contributed by atoms with Crippen LogP contribution >= 0.6 is 0 Å². The maximum Gasteiger partial charge on any atom is 0.132 e. The molecule has 174 valence electrons. The first-order valence-electron chi connectivity index (χ1n) is 11.9. The van der Waals surface area contributed by atoms with Crippen LogP contribution in [0.3, 0.4) is 0 Å². The fraction of sp³-hybridized carbons (Fsp3) is 0.357. The maximum absolute atomic E-state index is 9.16. The van der Waals surface area contributed by atoms with Gasteiger partial charge in [0.2, 0.25) is 0 Å². The van der Waals surface area contributed by atoms with Crippen LogP contribution in [-0.4, -0.2) is 47.3 Å². The van der Waals surface area contributed by atoms with E-state index >= 15 is 0 Å². The van der Waals surface area contributed by atoms with Gasteiger partial charge in [0.25, 0.3) is 0 Å². The molecule has 0 atom stereocenters. The van der Waals surface area contributed by atoms with E-state index in [9.17, 15) is 0 Å². The number of piperidine rings is 1. The zero-order valence-corrected chi connectivity index (χ0v) is 20.0. The van der Waals surface area contributed by atoms with Crippen LogP contribution in [0.5, 0.6) is 0 Å². The fourth-order valence-corrected chi connectivity index (χ4v) is 4.22. The standard InChI is InChI=1S/C28H32N6/c1-21-6-8-25(9-7-21)27(33-31-20-22-11-14-34(2)15-12-22)18-26-10-13-30-28(32-26)17-23-4-3-5-24(16-23)19-29/h3-10,13,16,22,31H,11-12,14-15,17-18,20H2,1-2H3/b33-27+. The number of nitriles is 1. The zero-order chi connectivity index (χ0) is 23.8. The van der Waals surface area contributed by atoms with Gasteiger partial charge in [-0.2, -0.15) is 10.4 Å². The second-order valence-electron chi connectivity index (χ2n) is 9.16. The molecule has 1 aliphatic rings. The molecule has 0 radical (unpaired) electrons. The molecule has 1 saturated heterocycles. The molecule has 6 nitrogen and oxygen atoms in total. The Morgan fingerprint density at radius 3 is 2.71 bits per heavy atom. The highest BCUT2D eigenvalue weighted by atomic mass is 15.3. The van der Waals surface area contributed by atoms with Gasteiger partial charge in [-0.25, -0.2) is 9.97 Å². The van der Waals surface area contributed by atoms with Gasteiger partial charge in [-0.15, -0.1) is 0 Å². The van der Waals surface area contributed by atoms with E-state index in [0.717, 1.165) is 48.0 Å². The molecule has 3 aromatic rings. The summed E-state index contributed by atoms with van der Waals surface area (Å²) in [5.74, 6) is 1.41. The van der Waals surface area contributed by atoms with E-state index in [2.05, 4.69) is 59.6 Å². The molecule has 0 bridgehead atoms. The first-order valence-corrected chi connectivity index (χ1v) is 11.9. The molecule has 1 N–H and O–H groups in total. The van der Waals surface area contributed by atoms with Crippen molar-refractivity contribution in [1.29, 1.82) is 5.26 Å². The minimum Gasteiger partial charge on any atom is -0.310 e. The largest absolute Gasteiger partial charge is 0.310 e. The third-order valence-corrected chi connectivity index (χ3v) is 6.35. The summed E-state index contributed by atoms with van der Waals surface area (Å²) in [7, 11) is 2.19. The predicted octanol–water partition coefficient (Wildman–Crippen LogP) is 4.13. The number of rotatable bonds is 8. The SMILES string of the molecule is Cc1ccc(/C(Cc2ccnc(Cc3cccc(C#N)c3)n2)=N/NCC2CCN(C)CC2)cc1. The molecule has 0 saturated carbocycles. The lowest BCUT2D eigenvalue weighted by atomic mass is 9.97. The monoisotopic (exact) mass is 452 g/mol. The van der Waals surface area contributed by atoms with Gasteiger partial charge in [-0.1, -0.05) is 42.0 Å². The lowest BCUT2D eigenvalue weighted by Gasteiger charge is -2.28. The first kappa shape index (κ1) is 23.6. The van der Waals surface area contributed by atoms with Crippen LogP contribution < -0.4 is 5.43 Å². The number of likely N-dealkylation sites (tertiary alicyclic amines) is 1. The molecule has 4 rings (SSSR count). The van der Waals surface area contributed by atoms with Gasteiger partial charge in [0.15, 0.2) is 0 Å². The van der Waals surface area contributed by atoms with E-state index in [4.69, 9.17) is 15.3 Å². The number of nitrogens with zero attached hydrogens (tertiary/aromatic N) is 5. The zero-order valence-electron chi connectivity index (χ0n) is 20.0. The molecule has 0 amide bonds. The predicted molar refractivity (Wildman–Crippen MR) is 136 cm³/mol. The van der Waals surface area contributed by atoms with Crippen molar-refractivity contribution in [2.45, 2.75) is 32.6 Å². The van der Waals surface area contributed by atoms with E-state index in [0.29, 0.717) is 24.3 Å². The minimum absolute atomic E-state index is 0.592. The highest BCUT2D eigenvalue weighted by Crippen LogP contribution is 2.15. The molecule has 2 aromatic carbocycles. The Bertz CT molecular complexity index is 1150. The Balaban J connectivity index is 1.48. The average molecular weight is 453 g/mol. The molecule has 34 heavy (non-hydrogen) atoms. The van der Waals surface area contributed by atoms with Crippen LogP contribution in [0.2, 0.25) is 0 Å². The Morgan fingerprint density at radius 1 is 1.15 bits per heavy atom. The highest BCUT2D eigenvalue weighted by molar-refractivity contribution is 6.01. The summed E-state index contributed by atoms with van der Waals surface area (Å²) in [5.41, 5.74) is 9.28. The molecular weight excluding hydrogens is 420 g/mol. The Labute approximate surface area is 202 Å². The summed E-state index contributed by atoms with van der Waals surface area (Å²) >= 11 is 0. The second kappa shape index (κ2) is 11.5. The van der Waals surface area contributed by atoms with Crippen LogP contribution in [0, 0.1) is 24.2 Å². The number of nitrogens with one attached hydrogen (secondary N) is 1. The van der Waals surface area contributed by atoms with Crippen molar-refractivity contribution in [3.63, 3.8) is 0 Å². The van der Waals surface area contributed by atoms with E-state index in [-0.39, 0.29) is 0 Å². The van der Waals surface area contributed by atoms with Crippen molar-refractivity contribution >= 4 is 5.71 Å². The number of hydrogen-bond acceptors (Lipinski definition) is 6. The van der Waals surface area contributed by atoms with E-state index in [1.807, 2.05) is 36.5 Å². The van der Waals surface area contributed by atoms with Crippen LogP contribution in [0.4, 0.5) is 0 Å². The van der Waals surface area contributed by atoms with Crippen LogP contribution in [0.15, 0.2) is 65.9 Å². The summed E-state index contributed by atoms with van der Waals surface area (Å²) in [6, 6.07) is 20.2. The first-order chi connectivity index (χ1) is 16.6. The smallest absolute Gasteiger partial charge is 0.132 e. The van der Waals surface area contributed by atoms with Gasteiger partial charge in [0.05, 0.1) is 23.0 Å². The summed E-state index contributed by atoms with van der Waals surface area (Å²) in [4.78, 5) is 11.7. The summed E-state index contributed by atoms with van der Waals surface area (Å²) in [6.07, 6.45) is 5.44. The lowest BCUT2D eigenvalue weighted by Crippen LogP contribution is -2.34. The van der Waals surface area contributed by atoms with Crippen LogP contribution in [0.1, 0.15) is 46.6 Å². The van der Waals surface area contributed by atoms with Crippen molar-refractivity contribution in [3.8, 4) is 6.07 Å². The van der Waals surface area contributed by atoms with Crippen molar-refractivity contribution < 1.29 is 0 Å². The Hall–Kier alpha value is -3.56. The van der Waals surface area contributed by atoms with E-state index in [1.165, 1.54) is 18.4 Å². The maximum atomic E-state index is 9.16. The number of hydrazone groups is 1. The third-order valence-electron chi connectivity index (χ3n) is 6.35.